The topological polar surface area (TPSA) is 106 Å². The SMILES string of the molecule is NC(=O)c1ccc(N2CCCCC2)c(NC(=O)CCn2cncn2)c1. The predicted octanol–water partition coefficient (Wildman–Crippen LogP) is 1.40. The zero-order valence-electron chi connectivity index (χ0n) is 14.0. The third-order valence-electron chi connectivity index (χ3n) is 4.29. The zero-order valence-corrected chi connectivity index (χ0v) is 14.0. The van der Waals surface area contributed by atoms with Crippen molar-refractivity contribution < 1.29 is 9.59 Å². The predicted molar refractivity (Wildman–Crippen MR) is 94.3 cm³/mol. The monoisotopic (exact) mass is 342 g/mol. The van der Waals surface area contributed by atoms with E-state index in [1.165, 1.54) is 12.7 Å². The number of nitrogens with one attached hydrogen (secondary N) is 1. The van der Waals surface area contributed by atoms with Gasteiger partial charge in [-0.05, 0) is 37.5 Å². The molecule has 8 nitrogen and oxygen atoms in total. The minimum Gasteiger partial charge on any atom is -0.370 e. The number of hydrogen-bond donors (Lipinski definition) is 2. The quantitative estimate of drug-likeness (QED) is 0.825. The van der Waals surface area contributed by atoms with Gasteiger partial charge in [0.2, 0.25) is 11.8 Å². The van der Waals surface area contributed by atoms with Crippen molar-refractivity contribution in [1.82, 2.24) is 14.8 Å². The van der Waals surface area contributed by atoms with Crippen LogP contribution in [-0.4, -0.2) is 39.7 Å². The smallest absolute Gasteiger partial charge is 0.248 e. The molecule has 1 aromatic carbocycles. The number of aromatic nitrogens is 3. The number of primary amides is 1. The number of carbonyl (C=O) groups is 2. The van der Waals surface area contributed by atoms with E-state index in [-0.39, 0.29) is 12.3 Å². The molecule has 132 valence electrons. The number of hydrogen-bond acceptors (Lipinski definition) is 5. The number of carbonyl (C=O) groups excluding carboxylic acids is 2. The lowest BCUT2D eigenvalue weighted by atomic mass is 10.1. The normalized spacial score (nSPS) is 14.3. The Bertz CT molecular complexity index is 738. The van der Waals surface area contributed by atoms with Crippen LogP contribution in [0.2, 0.25) is 0 Å². The number of aryl methyl sites for hydroxylation is 1. The van der Waals surface area contributed by atoms with E-state index in [0.717, 1.165) is 31.6 Å². The maximum atomic E-state index is 12.3. The summed E-state index contributed by atoms with van der Waals surface area (Å²) < 4.78 is 1.60. The van der Waals surface area contributed by atoms with Gasteiger partial charge in [0.05, 0.1) is 17.9 Å². The van der Waals surface area contributed by atoms with E-state index in [1.54, 1.807) is 23.1 Å². The van der Waals surface area contributed by atoms with Crippen LogP contribution < -0.4 is 16.0 Å². The highest BCUT2D eigenvalue weighted by Crippen LogP contribution is 2.29. The molecule has 0 atom stereocenters. The second-order valence-electron chi connectivity index (χ2n) is 6.10. The Morgan fingerprint density at radius 2 is 2.00 bits per heavy atom. The van der Waals surface area contributed by atoms with Gasteiger partial charge >= 0.3 is 0 Å². The summed E-state index contributed by atoms with van der Waals surface area (Å²) in [5.74, 6) is -0.654. The van der Waals surface area contributed by atoms with Crippen LogP contribution in [0, 0.1) is 0 Å². The Labute approximate surface area is 146 Å². The average Bonchev–Trinajstić information content (AvgIpc) is 3.14. The lowest BCUT2D eigenvalue weighted by Crippen LogP contribution is -2.30. The molecule has 0 bridgehead atoms. The molecular weight excluding hydrogens is 320 g/mol. The number of amides is 2. The van der Waals surface area contributed by atoms with Crippen molar-refractivity contribution in [1.29, 1.82) is 0 Å². The molecule has 3 rings (SSSR count). The summed E-state index contributed by atoms with van der Waals surface area (Å²) in [5.41, 5.74) is 7.32. The van der Waals surface area contributed by atoms with Crippen molar-refractivity contribution in [2.24, 2.45) is 5.73 Å². The second kappa shape index (κ2) is 7.78. The molecule has 0 aliphatic carbocycles. The number of piperidine rings is 1. The molecular formula is C17H22N6O2. The Hall–Kier alpha value is -2.90. The Morgan fingerprint density at radius 3 is 2.68 bits per heavy atom. The van der Waals surface area contributed by atoms with Gasteiger partial charge in [0.15, 0.2) is 0 Å². The van der Waals surface area contributed by atoms with Gasteiger partial charge in [-0.25, -0.2) is 4.98 Å². The molecule has 1 aliphatic heterocycles. The zero-order chi connectivity index (χ0) is 17.6. The third kappa shape index (κ3) is 4.34. The first-order chi connectivity index (χ1) is 12.1. The van der Waals surface area contributed by atoms with Crippen LogP contribution in [0.4, 0.5) is 11.4 Å². The molecule has 0 spiro atoms. The standard InChI is InChI=1S/C17H22N6O2/c18-17(25)13-4-5-15(22-7-2-1-3-8-22)14(10-13)21-16(24)6-9-23-12-19-11-20-23/h4-5,10-12H,1-3,6-9H2,(H2,18,25)(H,21,24). The minimum atomic E-state index is -0.511. The van der Waals surface area contributed by atoms with Gasteiger partial charge in [-0.3, -0.25) is 14.3 Å². The molecule has 0 saturated carbocycles. The summed E-state index contributed by atoms with van der Waals surface area (Å²) in [5, 5.41) is 6.90. The summed E-state index contributed by atoms with van der Waals surface area (Å²) in [6, 6.07) is 5.22. The maximum Gasteiger partial charge on any atom is 0.248 e. The molecule has 2 aromatic rings. The van der Waals surface area contributed by atoms with Crippen LogP contribution in [0.25, 0.3) is 0 Å². The highest BCUT2D eigenvalue weighted by Gasteiger charge is 2.17. The molecule has 1 fully saturated rings. The number of rotatable bonds is 6. The summed E-state index contributed by atoms with van der Waals surface area (Å²) in [4.78, 5) is 29.9. The van der Waals surface area contributed by atoms with Gasteiger partial charge in [-0.1, -0.05) is 0 Å². The first kappa shape index (κ1) is 16.9. The molecule has 1 aliphatic rings. The fourth-order valence-electron chi connectivity index (χ4n) is 2.98. The second-order valence-corrected chi connectivity index (χ2v) is 6.10. The van der Waals surface area contributed by atoms with Crippen LogP contribution in [0.3, 0.4) is 0 Å². The van der Waals surface area contributed by atoms with Crippen LogP contribution in [0.5, 0.6) is 0 Å². The van der Waals surface area contributed by atoms with Gasteiger partial charge in [-0.2, -0.15) is 5.10 Å². The van der Waals surface area contributed by atoms with Gasteiger partial charge in [-0.15, -0.1) is 0 Å². The molecule has 2 amide bonds. The minimum absolute atomic E-state index is 0.143. The third-order valence-corrected chi connectivity index (χ3v) is 4.29. The van der Waals surface area contributed by atoms with Crippen molar-refractivity contribution in [3.63, 3.8) is 0 Å². The van der Waals surface area contributed by atoms with Crippen molar-refractivity contribution in [3.8, 4) is 0 Å². The van der Waals surface area contributed by atoms with Crippen LogP contribution in [0.1, 0.15) is 36.0 Å². The molecule has 3 N–H and O–H groups in total. The first-order valence-corrected chi connectivity index (χ1v) is 8.44. The Kier molecular flexibility index (Phi) is 5.27. The van der Waals surface area contributed by atoms with Crippen molar-refractivity contribution in [3.05, 3.63) is 36.4 Å². The van der Waals surface area contributed by atoms with E-state index in [4.69, 9.17) is 5.73 Å². The van der Waals surface area contributed by atoms with E-state index in [0.29, 0.717) is 17.8 Å². The lowest BCUT2D eigenvalue weighted by molar-refractivity contribution is -0.116. The van der Waals surface area contributed by atoms with E-state index in [1.807, 2.05) is 6.07 Å². The maximum absolute atomic E-state index is 12.3. The Balaban J connectivity index is 1.75. The van der Waals surface area contributed by atoms with Crippen LogP contribution in [-0.2, 0) is 11.3 Å². The largest absolute Gasteiger partial charge is 0.370 e. The van der Waals surface area contributed by atoms with Crippen LogP contribution in [0.15, 0.2) is 30.9 Å². The molecule has 1 aromatic heterocycles. The van der Waals surface area contributed by atoms with E-state index in [9.17, 15) is 9.59 Å². The van der Waals surface area contributed by atoms with Gasteiger partial charge in [0.1, 0.15) is 12.7 Å². The van der Waals surface area contributed by atoms with Crippen molar-refractivity contribution in [2.45, 2.75) is 32.2 Å². The lowest BCUT2D eigenvalue weighted by Gasteiger charge is -2.30. The fraction of sp³-hybridized carbons (Fsp3) is 0.412. The molecule has 8 heteroatoms. The van der Waals surface area contributed by atoms with E-state index in [2.05, 4.69) is 20.3 Å². The molecule has 0 unspecified atom stereocenters. The molecule has 0 radical (unpaired) electrons. The fourth-order valence-corrected chi connectivity index (χ4v) is 2.98. The Morgan fingerprint density at radius 1 is 1.20 bits per heavy atom. The number of anilines is 2. The number of nitrogens with zero attached hydrogens (tertiary/aromatic N) is 4. The summed E-state index contributed by atoms with van der Waals surface area (Å²) in [7, 11) is 0. The van der Waals surface area contributed by atoms with Crippen molar-refractivity contribution in [2.75, 3.05) is 23.3 Å². The van der Waals surface area contributed by atoms with Gasteiger partial charge in [0.25, 0.3) is 0 Å². The number of benzene rings is 1. The average molecular weight is 342 g/mol. The van der Waals surface area contributed by atoms with Crippen molar-refractivity contribution >= 4 is 23.2 Å². The molecule has 25 heavy (non-hydrogen) atoms. The van der Waals surface area contributed by atoms with E-state index >= 15 is 0 Å². The van der Waals surface area contributed by atoms with Gasteiger partial charge in [0, 0.05) is 25.1 Å². The summed E-state index contributed by atoms with van der Waals surface area (Å²) in [6.45, 7) is 2.33. The highest BCUT2D eigenvalue weighted by molar-refractivity contribution is 5.99. The molecule has 1 saturated heterocycles. The number of nitrogens with two attached hydrogens (primary N) is 1. The van der Waals surface area contributed by atoms with E-state index < -0.39 is 5.91 Å². The van der Waals surface area contributed by atoms with Gasteiger partial charge < -0.3 is 16.0 Å². The first-order valence-electron chi connectivity index (χ1n) is 8.44. The highest BCUT2D eigenvalue weighted by atomic mass is 16.2. The molecule has 2 heterocycles. The summed E-state index contributed by atoms with van der Waals surface area (Å²) in [6.07, 6.45) is 6.73. The summed E-state index contributed by atoms with van der Waals surface area (Å²) >= 11 is 0. The van der Waals surface area contributed by atoms with Crippen LogP contribution >= 0.6 is 0 Å².